The first kappa shape index (κ1) is 22.1. The standard InChI is InChI=1S/C23H32FN5OS/c1-17-6-5-13-28(15-17)22(30)16-31-23-27-26-21(29(23)20-7-3-2-4-8-20)14-25-19-11-9-18(24)10-12-19/h9-12,17,20,25H,2-8,13-16H2,1H3/t17-/m1/s1. The lowest BCUT2D eigenvalue weighted by atomic mass is 9.95. The minimum atomic E-state index is -0.248. The van der Waals surface area contributed by atoms with Gasteiger partial charge in [-0.15, -0.1) is 10.2 Å². The normalized spacial score (nSPS) is 20.1. The number of rotatable bonds is 7. The van der Waals surface area contributed by atoms with Crippen LogP contribution in [0.2, 0.25) is 0 Å². The SMILES string of the molecule is C[C@@H]1CCCN(C(=O)CSc2nnc(CNc3ccc(F)cc3)n2C2CCCCC2)C1. The maximum atomic E-state index is 13.2. The monoisotopic (exact) mass is 445 g/mol. The Hall–Kier alpha value is -2.09. The Morgan fingerprint density at radius 2 is 1.90 bits per heavy atom. The van der Waals surface area contributed by atoms with Crippen LogP contribution in [0, 0.1) is 11.7 Å². The van der Waals surface area contributed by atoms with Gasteiger partial charge in [0, 0.05) is 24.8 Å². The molecule has 1 saturated carbocycles. The first-order chi connectivity index (χ1) is 15.1. The molecule has 2 heterocycles. The Balaban J connectivity index is 1.44. The van der Waals surface area contributed by atoms with Crippen LogP contribution in [-0.4, -0.2) is 44.4 Å². The number of carbonyl (C=O) groups is 1. The molecule has 4 rings (SSSR count). The molecule has 8 heteroatoms. The van der Waals surface area contributed by atoms with Crippen LogP contribution in [0.1, 0.15) is 63.7 Å². The summed E-state index contributed by atoms with van der Waals surface area (Å²) in [4.78, 5) is 14.8. The molecule has 168 valence electrons. The van der Waals surface area contributed by atoms with E-state index in [2.05, 4.69) is 27.0 Å². The van der Waals surface area contributed by atoms with E-state index >= 15 is 0 Å². The van der Waals surface area contributed by atoms with E-state index in [1.807, 2.05) is 4.90 Å². The highest BCUT2D eigenvalue weighted by Crippen LogP contribution is 2.33. The molecule has 1 aromatic heterocycles. The number of hydrogen-bond acceptors (Lipinski definition) is 5. The van der Waals surface area contributed by atoms with Gasteiger partial charge in [0.05, 0.1) is 12.3 Å². The molecule has 1 amide bonds. The number of benzene rings is 1. The number of anilines is 1. The first-order valence-corrected chi connectivity index (χ1v) is 12.4. The van der Waals surface area contributed by atoms with Crippen LogP contribution in [0.5, 0.6) is 0 Å². The largest absolute Gasteiger partial charge is 0.378 e. The third-order valence-electron chi connectivity index (χ3n) is 6.30. The molecule has 1 aliphatic heterocycles. The Kier molecular flexibility index (Phi) is 7.48. The highest BCUT2D eigenvalue weighted by atomic mass is 32.2. The minimum Gasteiger partial charge on any atom is -0.378 e. The minimum absolute atomic E-state index is 0.195. The molecule has 0 unspecified atom stereocenters. The predicted molar refractivity (Wildman–Crippen MR) is 122 cm³/mol. The van der Waals surface area contributed by atoms with Crippen LogP contribution >= 0.6 is 11.8 Å². The number of hydrogen-bond donors (Lipinski definition) is 1. The van der Waals surface area contributed by atoms with Crippen molar-refractivity contribution in [3.8, 4) is 0 Å². The summed E-state index contributed by atoms with van der Waals surface area (Å²) in [5.74, 6) is 1.81. The highest BCUT2D eigenvalue weighted by molar-refractivity contribution is 7.99. The molecule has 1 aliphatic carbocycles. The Morgan fingerprint density at radius 1 is 1.13 bits per heavy atom. The first-order valence-electron chi connectivity index (χ1n) is 11.4. The summed E-state index contributed by atoms with van der Waals surface area (Å²) in [6.07, 6.45) is 8.23. The van der Waals surface area contributed by atoms with Crippen molar-refractivity contribution < 1.29 is 9.18 Å². The van der Waals surface area contributed by atoms with Gasteiger partial charge in [-0.25, -0.2) is 4.39 Å². The predicted octanol–water partition coefficient (Wildman–Crippen LogP) is 4.89. The van der Waals surface area contributed by atoms with Crippen LogP contribution in [-0.2, 0) is 11.3 Å². The van der Waals surface area contributed by atoms with E-state index in [9.17, 15) is 9.18 Å². The second-order valence-electron chi connectivity index (χ2n) is 8.80. The van der Waals surface area contributed by atoms with E-state index in [0.29, 0.717) is 24.3 Å². The summed E-state index contributed by atoms with van der Waals surface area (Å²) in [6, 6.07) is 6.72. The fraction of sp³-hybridized carbons (Fsp3) is 0.609. The molecule has 1 saturated heterocycles. The number of piperidine rings is 1. The molecule has 31 heavy (non-hydrogen) atoms. The summed E-state index contributed by atoms with van der Waals surface area (Å²) >= 11 is 1.51. The van der Waals surface area contributed by atoms with Crippen LogP contribution in [0.25, 0.3) is 0 Å². The quantitative estimate of drug-likeness (QED) is 0.615. The summed E-state index contributed by atoms with van der Waals surface area (Å²) in [7, 11) is 0. The molecule has 0 spiro atoms. The topological polar surface area (TPSA) is 63.1 Å². The summed E-state index contributed by atoms with van der Waals surface area (Å²) < 4.78 is 15.4. The van der Waals surface area contributed by atoms with Gasteiger partial charge in [0.1, 0.15) is 5.82 Å². The number of aromatic nitrogens is 3. The van der Waals surface area contributed by atoms with Crippen molar-refractivity contribution in [3.05, 3.63) is 35.9 Å². The zero-order valence-corrected chi connectivity index (χ0v) is 19.0. The maximum Gasteiger partial charge on any atom is 0.233 e. The fourth-order valence-corrected chi connectivity index (χ4v) is 5.54. The zero-order valence-electron chi connectivity index (χ0n) is 18.2. The molecule has 2 fully saturated rings. The van der Waals surface area contributed by atoms with Gasteiger partial charge in [-0.3, -0.25) is 4.79 Å². The lowest BCUT2D eigenvalue weighted by Gasteiger charge is -2.31. The van der Waals surface area contributed by atoms with Crippen molar-refractivity contribution in [2.75, 3.05) is 24.2 Å². The van der Waals surface area contributed by atoms with E-state index in [-0.39, 0.29) is 11.7 Å². The van der Waals surface area contributed by atoms with Gasteiger partial charge in [0.2, 0.25) is 5.91 Å². The Bertz CT molecular complexity index is 865. The van der Waals surface area contributed by atoms with Crippen molar-refractivity contribution in [1.29, 1.82) is 0 Å². The van der Waals surface area contributed by atoms with Gasteiger partial charge in [-0.05, 0) is 55.9 Å². The molecule has 6 nitrogen and oxygen atoms in total. The number of thioether (sulfide) groups is 1. The van der Waals surface area contributed by atoms with Crippen molar-refractivity contribution in [3.63, 3.8) is 0 Å². The lowest BCUT2D eigenvalue weighted by Crippen LogP contribution is -2.40. The maximum absolute atomic E-state index is 13.2. The second kappa shape index (κ2) is 10.5. The molecular weight excluding hydrogens is 413 g/mol. The number of amides is 1. The number of likely N-dealkylation sites (tertiary alicyclic amines) is 1. The molecule has 2 aliphatic rings. The van der Waals surface area contributed by atoms with Gasteiger partial charge >= 0.3 is 0 Å². The van der Waals surface area contributed by atoms with Crippen molar-refractivity contribution in [1.82, 2.24) is 19.7 Å². The van der Waals surface area contributed by atoms with Gasteiger partial charge in [-0.1, -0.05) is 37.9 Å². The molecule has 1 atom stereocenters. The van der Waals surface area contributed by atoms with Gasteiger partial charge in [-0.2, -0.15) is 0 Å². The summed E-state index contributed by atoms with van der Waals surface area (Å²) in [5, 5.41) is 13.1. The van der Waals surface area contributed by atoms with E-state index in [0.717, 1.165) is 49.0 Å². The Morgan fingerprint density at radius 3 is 2.65 bits per heavy atom. The zero-order chi connectivity index (χ0) is 21.6. The lowest BCUT2D eigenvalue weighted by molar-refractivity contribution is -0.130. The van der Waals surface area contributed by atoms with Crippen molar-refractivity contribution >= 4 is 23.4 Å². The van der Waals surface area contributed by atoms with E-state index in [1.165, 1.54) is 49.6 Å². The van der Waals surface area contributed by atoms with Crippen molar-refractivity contribution in [2.24, 2.45) is 5.92 Å². The highest BCUT2D eigenvalue weighted by Gasteiger charge is 2.25. The number of carbonyl (C=O) groups excluding carboxylic acids is 1. The average Bonchev–Trinajstić information content (AvgIpc) is 3.20. The van der Waals surface area contributed by atoms with Crippen LogP contribution in [0.3, 0.4) is 0 Å². The van der Waals surface area contributed by atoms with Crippen molar-refractivity contribution in [2.45, 2.75) is 69.6 Å². The van der Waals surface area contributed by atoms with E-state index in [1.54, 1.807) is 12.1 Å². The Labute approximate surface area is 188 Å². The summed E-state index contributed by atoms with van der Waals surface area (Å²) in [6.45, 7) is 4.47. The molecular formula is C23H32FN5OS. The fourth-order valence-electron chi connectivity index (χ4n) is 4.61. The smallest absolute Gasteiger partial charge is 0.233 e. The van der Waals surface area contributed by atoms with Crippen LogP contribution < -0.4 is 5.32 Å². The number of halogens is 1. The molecule has 2 aromatic rings. The average molecular weight is 446 g/mol. The van der Waals surface area contributed by atoms with Gasteiger partial charge < -0.3 is 14.8 Å². The number of nitrogens with one attached hydrogen (secondary N) is 1. The molecule has 0 radical (unpaired) electrons. The third kappa shape index (κ3) is 5.79. The van der Waals surface area contributed by atoms with E-state index in [4.69, 9.17) is 0 Å². The molecule has 1 N–H and O–H groups in total. The second-order valence-corrected chi connectivity index (χ2v) is 9.74. The third-order valence-corrected chi connectivity index (χ3v) is 7.23. The van der Waals surface area contributed by atoms with Crippen LogP contribution in [0.15, 0.2) is 29.4 Å². The summed E-state index contributed by atoms with van der Waals surface area (Å²) in [5.41, 5.74) is 0.850. The van der Waals surface area contributed by atoms with E-state index < -0.39 is 0 Å². The van der Waals surface area contributed by atoms with Gasteiger partial charge in [0.15, 0.2) is 11.0 Å². The van der Waals surface area contributed by atoms with Crippen LogP contribution in [0.4, 0.5) is 10.1 Å². The molecule has 1 aromatic carbocycles. The molecule has 0 bridgehead atoms. The van der Waals surface area contributed by atoms with Gasteiger partial charge in [0.25, 0.3) is 0 Å². The number of nitrogens with zero attached hydrogens (tertiary/aromatic N) is 4.